The Bertz CT molecular complexity index is 383. The van der Waals surface area contributed by atoms with Gasteiger partial charge in [-0.05, 0) is 31.5 Å². The van der Waals surface area contributed by atoms with Crippen LogP contribution < -0.4 is 15.8 Å². The fraction of sp³-hybridized carbons (Fsp3) is 0.462. The van der Waals surface area contributed by atoms with Crippen molar-refractivity contribution in [2.24, 2.45) is 5.73 Å². The van der Waals surface area contributed by atoms with E-state index < -0.39 is 0 Å². The van der Waals surface area contributed by atoms with E-state index in [-0.39, 0.29) is 11.9 Å². The lowest BCUT2D eigenvalue weighted by molar-refractivity contribution is -0.121. The highest BCUT2D eigenvalue weighted by Gasteiger charge is 2.02. The van der Waals surface area contributed by atoms with E-state index in [1.54, 1.807) is 0 Å². The minimum atomic E-state index is -0.00866. The third-order valence-corrected chi connectivity index (χ3v) is 2.81. The summed E-state index contributed by atoms with van der Waals surface area (Å²) in [4.78, 5) is 11.4. The van der Waals surface area contributed by atoms with Gasteiger partial charge >= 0.3 is 0 Å². The normalized spacial score (nSPS) is 11.9. The van der Waals surface area contributed by atoms with E-state index in [0.717, 1.165) is 16.6 Å². The molecule has 0 aliphatic rings. The van der Waals surface area contributed by atoms with Gasteiger partial charge in [0.1, 0.15) is 5.75 Å². The highest BCUT2D eigenvalue weighted by Crippen LogP contribution is 2.17. The molecule has 4 nitrogen and oxygen atoms in total. The van der Waals surface area contributed by atoms with E-state index in [9.17, 15) is 4.79 Å². The quantitative estimate of drug-likeness (QED) is 0.809. The molecule has 18 heavy (non-hydrogen) atoms. The minimum Gasteiger partial charge on any atom is -0.493 e. The van der Waals surface area contributed by atoms with E-state index in [1.807, 2.05) is 31.2 Å². The molecular formula is C13H19BrN2O2. The number of nitrogens with one attached hydrogen (secondary N) is 1. The van der Waals surface area contributed by atoms with Crippen LogP contribution in [0.3, 0.4) is 0 Å². The van der Waals surface area contributed by atoms with Gasteiger partial charge in [-0.1, -0.05) is 22.0 Å². The number of carbonyl (C=O) groups is 1. The first kappa shape index (κ1) is 15.0. The van der Waals surface area contributed by atoms with Gasteiger partial charge in [0.05, 0.1) is 13.0 Å². The number of nitrogens with two attached hydrogens (primary N) is 1. The van der Waals surface area contributed by atoms with Gasteiger partial charge in [-0.3, -0.25) is 4.79 Å². The Morgan fingerprint density at radius 2 is 2.33 bits per heavy atom. The molecule has 5 heteroatoms. The zero-order valence-corrected chi connectivity index (χ0v) is 12.1. The summed E-state index contributed by atoms with van der Waals surface area (Å²) in [6.45, 7) is 2.91. The third kappa shape index (κ3) is 6.61. The fourth-order valence-corrected chi connectivity index (χ4v) is 1.72. The SMILES string of the molecule is CC(N)CCNC(=O)CCOc1cccc(Br)c1. The van der Waals surface area contributed by atoms with Crippen molar-refractivity contribution < 1.29 is 9.53 Å². The standard InChI is InChI=1S/C13H19BrN2O2/c1-10(15)5-7-16-13(17)6-8-18-12-4-2-3-11(14)9-12/h2-4,9-10H,5-8,15H2,1H3,(H,16,17). The van der Waals surface area contributed by atoms with Crippen molar-refractivity contribution in [2.45, 2.75) is 25.8 Å². The maximum absolute atomic E-state index is 11.4. The van der Waals surface area contributed by atoms with Gasteiger partial charge in [0.2, 0.25) is 5.91 Å². The molecule has 0 radical (unpaired) electrons. The van der Waals surface area contributed by atoms with Gasteiger partial charge in [0, 0.05) is 17.1 Å². The molecule has 100 valence electrons. The van der Waals surface area contributed by atoms with Gasteiger partial charge in [-0.2, -0.15) is 0 Å². The van der Waals surface area contributed by atoms with Crippen LogP contribution in [0.4, 0.5) is 0 Å². The highest BCUT2D eigenvalue weighted by molar-refractivity contribution is 9.10. The van der Waals surface area contributed by atoms with Crippen LogP contribution in [0.25, 0.3) is 0 Å². The molecule has 1 amide bonds. The van der Waals surface area contributed by atoms with Gasteiger partial charge < -0.3 is 15.8 Å². The molecule has 0 bridgehead atoms. The summed E-state index contributed by atoms with van der Waals surface area (Å²) >= 11 is 3.36. The van der Waals surface area contributed by atoms with Crippen molar-refractivity contribution in [3.8, 4) is 5.75 Å². The van der Waals surface area contributed by atoms with Crippen LogP contribution in [0.2, 0.25) is 0 Å². The monoisotopic (exact) mass is 314 g/mol. The van der Waals surface area contributed by atoms with E-state index in [0.29, 0.717) is 19.6 Å². The molecule has 1 aromatic carbocycles. The summed E-state index contributed by atoms with van der Waals surface area (Å²) in [5.41, 5.74) is 5.59. The summed E-state index contributed by atoms with van der Waals surface area (Å²) in [5, 5.41) is 2.80. The molecule has 0 aliphatic heterocycles. The molecule has 0 saturated heterocycles. The lowest BCUT2D eigenvalue weighted by Crippen LogP contribution is -2.29. The first-order valence-electron chi connectivity index (χ1n) is 5.98. The van der Waals surface area contributed by atoms with E-state index in [1.165, 1.54) is 0 Å². The van der Waals surface area contributed by atoms with Crippen LogP contribution in [-0.4, -0.2) is 25.1 Å². The molecule has 1 rings (SSSR count). The molecule has 0 aliphatic carbocycles. The number of ether oxygens (including phenoxy) is 1. The zero-order chi connectivity index (χ0) is 13.4. The van der Waals surface area contributed by atoms with Crippen LogP contribution in [0.5, 0.6) is 5.75 Å². The Labute approximate surface area is 116 Å². The third-order valence-electron chi connectivity index (χ3n) is 2.32. The Morgan fingerprint density at radius 1 is 1.56 bits per heavy atom. The second kappa shape index (κ2) is 8.11. The number of hydrogen-bond donors (Lipinski definition) is 2. The number of carbonyl (C=O) groups excluding carboxylic acids is 1. The number of benzene rings is 1. The summed E-state index contributed by atoms with van der Waals surface area (Å²) < 4.78 is 6.43. The average molecular weight is 315 g/mol. The number of halogens is 1. The summed E-state index contributed by atoms with van der Waals surface area (Å²) in [6, 6.07) is 7.66. The van der Waals surface area contributed by atoms with Crippen LogP contribution in [0, 0.1) is 0 Å². The van der Waals surface area contributed by atoms with E-state index in [2.05, 4.69) is 21.2 Å². The van der Waals surface area contributed by atoms with Crippen molar-refractivity contribution >= 4 is 21.8 Å². The van der Waals surface area contributed by atoms with Crippen molar-refractivity contribution in [3.63, 3.8) is 0 Å². The zero-order valence-electron chi connectivity index (χ0n) is 10.5. The molecule has 0 fully saturated rings. The van der Waals surface area contributed by atoms with Crippen LogP contribution in [0.15, 0.2) is 28.7 Å². The summed E-state index contributed by atoms with van der Waals surface area (Å²) in [5.74, 6) is 0.749. The first-order chi connectivity index (χ1) is 8.58. The Hall–Kier alpha value is -1.07. The first-order valence-corrected chi connectivity index (χ1v) is 6.78. The Kier molecular flexibility index (Phi) is 6.75. The number of hydrogen-bond acceptors (Lipinski definition) is 3. The van der Waals surface area contributed by atoms with E-state index in [4.69, 9.17) is 10.5 Å². The fourth-order valence-electron chi connectivity index (χ4n) is 1.35. The molecular weight excluding hydrogens is 296 g/mol. The highest BCUT2D eigenvalue weighted by atomic mass is 79.9. The predicted molar refractivity (Wildman–Crippen MR) is 75.5 cm³/mol. The minimum absolute atomic E-state index is 0.00866. The van der Waals surface area contributed by atoms with Crippen LogP contribution >= 0.6 is 15.9 Å². The van der Waals surface area contributed by atoms with Crippen LogP contribution in [0.1, 0.15) is 19.8 Å². The molecule has 1 atom stereocenters. The second-order valence-corrected chi connectivity index (χ2v) is 5.09. The molecule has 1 unspecified atom stereocenters. The number of amides is 1. The molecule has 0 spiro atoms. The largest absolute Gasteiger partial charge is 0.493 e. The smallest absolute Gasteiger partial charge is 0.223 e. The average Bonchev–Trinajstić information content (AvgIpc) is 2.28. The molecule has 0 saturated carbocycles. The maximum atomic E-state index is 11.4. The Morgan fingerprint density at radius 3 is 3.00 bits per heavy atom. The maximum Gasteiger partial charge on any atom is 0.223 e. The summed E-state index contributed by atoms with van der Waals surface area (Å²) in [7, 11) is 0. The molecule has 3 N–H and O–H groups in total. The second-order valence-electron chi connectivity index (χ2n) is 4.17. The molecule has 1 aromatic rings. The molecule has 0 aromatic heterocycles. The van der Waals surface area contributed by atoms with Crippen molar-refractivity contribution in [3.05, 3.63) is 28.7 Å². The summed E-state index contributed by atoms with van der Waals surface area (Å²) in [6.07, 6.45) is 1.14. The van der Waals surface area contributed by atoms with Gasteiger partial charge in [0.15, 0.2) is 0 Å². The van der Waals surface area contributed by atoms with Crippen LogP contribution in [-0.2, 0) is 4.79 Å². The van der Waals surface area contributed by atoms with Gasteiger partial charge in [-0.25, -0.2) is 0 Å². The topological polar surface area (TPSA) is 64.3 Å². The van der Waals surface area contributed by atoms with E-state index >= 15 is 0 Å². The lowest BCUT2D eigenvalue weighted by Gasteiger charge is -2.08. The van der Waals surface area contributed by atoms with Crippen molar-refractivity contribution in [1.29, 1.82) is 0 Å². The van der Waals surface area contributed by atoms with Gasteiger partial charge in [-0.15, -0.1) is 0 Å². The lowest BCUT2D eigenvalue weighted by atomic mass is 10.2. The van der Waals surface area contributed by atoms with Crippen molar-refractivity contribution in [1.82, 2.24) is 5.32 Å². The van der Waals surface area contributed by atoms with Gasteiger partial charge in [0.25, 0.3) is 0 Å². The predicted octanol–water partition coefficient (Wildman–Crippen LogP) is 2.07. The number of rotatable bonds is 7. The Balaban J connectivity index is 2.15. The molecule has 0 heterocycles. The van der Waals surface area contributed by atoms with Crippen molar-refractivity contribution in [2.75, 3.05) is 13.2 Å².